The van der Waals surface area contributed by atoms with Gasteiger partial charge in [-0.1, -0.05) is 6.07 Å². The van der Waals surface area contributed by atoms with Gasteiger partial charge in [-0.25, -0.2) is 17.2 Å². The summed E-state index contributed by atoms with van der Waals surface area (Å²) in [7, 11) is -4.03. The average Bonchev–Trinajstić information content (AvgIpc) is 2.36. The molecule has 0 heterocycles. The fourth-order valence-corrected chi connectivity index (χ4v) is 2.86. The molecule has 2 aromatic rings. The molecule has 0 bridgehead atoms. The van der Waals surface area contributed by atoms with Crippen molar-refractivity contribution in [3.05, 3.63) is 53.6 Å². The van der Waals surface area contributed by atoms with Crippen LogP contribution in [-0.4, -0.2) is 8.42 Å². The van der Waals surface area contributed by atoms with Gasteiger partial charge >= 0.3 is 0 Å². The summed E-state index contributed by atoms with van der Waals surface area (Å²) in [4.78, 5) is -0.362. The molecule has 4 nitrogen and oxygen atoms in total. The van der Waals surface area contributed by atoms with Crippen LogP contribution in [0, 0.1) is 18.6 Å². The van der Waals surface area contributed by atoms with Crippen molar-refractivity contribution in [1.29, 1.82) is 0 Å². The molecule has 0 aliphatic rings. The predicted octanol–water partition coefficient (Wildman–Crippen LogP) is 2.66. The smallest absolute Gasteiger partial charge is 0.264 e. The molecule has 0 amide bonds. The van der Waals surface area contributed by atoms with E-state index in [4.69, 9.17) is 5.73 Å². The van der Waals surface area contributed by atoms with Gasteiger partial charge in [0.05, 0.1) is 5.69 Å². The van der Waals surface area contributed by atoms with Crippen LogP contribution in [0.25, 0.3) is 0 Å². The highest BCUT2D eigenvalue weighted by Gasteiger charge is 2.19. The summed E-state index contributed by atoms with van der Waals surface area (Å²) in [6, 6.07) is 7.25. The minimum absolute atomic E-state index is 0.174. The molecule has 0 spiro atoms. The Morgan fingerprint density at radius 1 is 1.10 bits per heavy atom. The second-order valence-electron chi connectivity index (χ2n) is 4.22. The van der Waals surface area contributed by atoms with E-state index in [9.17, 15) is 17.2 Å². The van der Waals surface area contributed by atoms with E-state index in [-0.39, 0.29) is 16.1 Å². The lowest BCUT2D eigenvalue weighted by atomic mass is 10.2. The summed E-state index contributed by atoms with van der Waals surface area (Å²) in [6.07, 6.45) is 0. The van der Waals surface area contributed by atoms with E-state index in [2.05, 4.69) is 4.72 Å². The van der Waals surface area contributed by atoms with Crippen molar-refractivity contribution in [2.75, 3.05) is 10.5 Å². The van der Waals surface area contributed by atoms with E-state index in [0.29, 0.717) is 0 Å². The zero-order valence-corrected chi connectivity index (χ0v) is 11.3. The topological polar surface area (TPSA) is 72.2 Å². The van der Waals surface area contributed by atoms with Crippen LogP contribution in [0.15, 0.2) is 41.3 Å². The Labute approximate surface area is 115 Å². The lowest BCUT2D eigenvalue weighted by molar-refractivity contribution is 0.597. The van der Waals surface area contributed by atoms with E-state index in [0.717, 1.165) is 12.1 Å². The Morgan fingerprint density at radius 2 is 1.80 bits per heavy atom. The van der Waals surface area contributed by atoms with Crippen LogP contribution >= 0.6 is 0 Å². The van der Waals surface area contributed by atoms with Gasteiger partial charge in [-0.3, -0.25) is 4.72 Å². The van der Waals surface area contributed by atoms with Gasteiger partial charge in [0.25, 0.3) is 10.0 Å². The second-order valence-corrected chi connectivity index (χ2v) is 5.87. The fraction of sp³-hybridized carbons (Fsp3) is 0.0769. The van der Waals surface area contributed by atoms with Crippen molar-refractivity contribution in [3.8, 4) is 0 Å². The first-order valence-electron chi connectivity index (χ1n) is 5.64. The van der Waals surface area contributed by atoms with Gasteiger partial charge in [0, 0.05) is 5.69 Å². The van der Waals surface area contributed by atoms with Gasteiger partial charge < -0.3 is 5.73 Å². The molecule has 106 valence electrons. The highest BCUT2D eigenvalue weighted by molar-refractivity contribution is 7.92. The highest BCUT2D eigenvalue weighted by atomic mass is 32.2. The largest absolute Gasteiger partial charge is 0.395 e. The molecule has 0 aliphatic heterocycles. The van der Waals surface area contributed by atoms with Crippen LogP contribution in [0.2, 0.25) is 0 Å². The first-order chi connectivity index (χ1) is 9.31. The third-order valence-corrected chi connectivity index (χ3v) is 4.15. The monoisotopic (exact) mass is 298 g/mol. The maximum absolute atomic E-state index is 13.3. The Hall–Kier alpha value is -2.15. The molecule has 0 aliphatic carbocycles. The number of rotatable bonds is 3. The van der Waals surface area contributed by atoms with Crippen molar-refractivity contribution in [2.24, 2.45) is 0 Å². The number of sulfonamides is 1. The van der Waals surface area contributed by atoms with E-state index in [1.54, 1.807) is 0 Å². The van der Waals surface area contributed by atoms with Crippen LogP contribution < -0.4 is 10.5 Å². The van der Waals surface area contributed by atoms with E-state index in [1.807, 2.05) is 0 Å². The lowest BCUT2D eigenvalue weighted by Gasteiger charge is -2.11. The second kappa shape index (κ2) is 5.09. The van der Waals surface area contributed by atoms with Gasteiger partial charge in [-0.15, -0.1) is 0 Å². The van der Waals surface area contributed by atoms with Crippen LogP contribution in [0.4, 0.5) is 20.2 Å². The third-order valence-electron chi connectivity index (χ3n) is 2.71. The number of hydrogen-bond donors (Lipinski definition) is 2. The van der Waals surface area contributed by atoms with Crippen molar-refractivity contribution in [2.45, 2.75) is 11.8 Å². The molecule has 0 atom stereocenters. The molecule has 2 rings (SSSR count). The Bertz CT molecular complexity index is 761. The van der Waals surface area contributed by atoms with Crippen LogP contribution in [0.1, 0.15) is 5.56 Å². The minimum Gasteiger partial charge on any atom is -0.395 e. The molecule has 0 saturated carbocycles. The van der Waals surface area contributed by atoms with Gasteiger partial charge in [0.2, 0.25) is 0 Å². The summed E-state index contributed by atoms with van der Waals surface area (Å²) < 4.78 is 52.9. The molecule has 20 heavy (non-hydrogen) atoms. The summed E-state index contributed by atoms with van der Waals surface area (Å²) in [5.41, 5.74) is 5.43. The van der Waals surface area contributed by atoms with Crippen LogP contribution in [0.5, 0.6) is 0 Å². The standard InChI is InChI=1S/C13H12F2N2O2S/c1-8-7-9(5-6-10(8)14)17-20(18,19)12-4-2-3-11(15)13(12)16/h2-7,17H,16H2,1H3. The van der Waals surface area contributed by atoms with Crippen molar-refractivity contribution in [3.63, 3.8) is 0 Å². The molecule has 0 saturated heterocycles. The maximum atomic E-state index is 13.3. The number of hydrogen-bond acceptors (Lipinski definition) is 3. The van der Waals surface area contributed by atoms with Gasteiger partial charge in [-0.05, 0) is 42.8 Å². The maximum Gasteiger partial charge on any atom is 0.264 e. The number of para-hydroxylation sites is 1. The number of halogens is 2. The quantitative estimate of drug-likeness (QED) is 0.856. The summed E-state index contributed by atoms with van der Waals surface area (Å²) in [5, 5.41) is 0. The van der Waals surface area contributed by atoms with Crippen molar-refractivity contribution in [1.82, 2.24) is 0 Å². The van der Waals surface area contributed by atoms with Crippen molar-refractivity contribution < 1.29 is 17.2 Å². The van der Waals surface area contributed by atoms with E-state index in [1.165, 1.54) is 31.2 Å². The number of nitrogens with one attached hydrogen (secondary N) is 1. The summed E-state index contributed by atoms with van der Waals surface area (Å²) in [5.74, 6) is -1.26. The molecule has 2 aromatic carbocycles. The number of nitrogens with two attached hydrogens (primary N) is 1. The Kier molecular flexibility index (Phi) is 3.63. The van der Waals surface area contributed by atoms with E-state index >= 15 is 0 Å². The van der Waals surface area contributed by atoms with Gasteiger partial charge in [0.15, 0.2) is 0 Å². The normalized spacial score (nSPS) is 11.3. The van der Waals surface area contributed by atoms with Gasteiger partial charge in [0.1, 0.15) is 16.5 Å². The Balaban J connectivity index is 2.41. The minimum atomic E-state index is -4.03. The Morgan fingerprint density at radius 3 is 2.45 bits per heavy atom. The SMILES string of the molecule is Cc1cc(NS(=O)(=O)c2cccc(F)c2N)ccc1F. The molecule has 0 unspecified atom stereocenters. The fourth-order valence-electron chi connectivity index (χ4n) is 1.67. The zero-order valence-electron chi connectivity index (χ0n) is 10.5. The number of nitrogen functional groups attached to an aromatic ring is 1. The first kappa shape index (κ1) is 14.3. The molecular formula is C13H12F2N2O2S. The number of anilines is 2. The zero-order chi connectivity index (χ0) is 14.9. The summed E-state index contributed by atoms with van der Waals surface area (Å²) >= 11 is 0. The highest BCUT2D eigenvalue weighted by Crippen LogP contribution is 2.24. The average molecular weight is 298 g/mol. The molecule has 3 N–H and O–H groups in total. The molecule has 0 aromatic heterocycles. The van der Waals surface area contributed by atoms with E-state index < -0.39 is 27.3 Å². The van der Waals surface area contributed by atoms with Crippen molar-refractivity contribution >= 4 is 21.4 Å². The predicted molar refractivity (Wildman–Crippen MR) is 72.8 cm³/mol. The van der Waals surface area contributed by atoms with Crippen LogP contribution in [0.3, 0.4) is 0 Å². The molecule has 0 radical (unpaired) electrons. The summed E-state index contributed by atoms with van der Waals surface area (Å²) in [6.45, 7) is 1.50. The third kappa shape index (κ3) is 2.72. The molecular weight excluding hydrogens is 286 g/mol. The molecule has 0 fully saturated rings. The van der Waals surface area contributed by atoms with Gasteiger partial charge in [-0.2, -0.15) is 0 Å². The number of aryl methyl sites for hydroxylation is 1. The first-order valence-corrected chi connectivity index (χ1v) is 7.12. The molecule has 7 heteroatoms. The van der Waals surface area contributed by atoms with Crippen LogP contribution in [-0.2, 0) is 10.0 Å². The number of benzene rings is 2. The lowest BCUT2D eigenvalue weighted by Crippen LogP contribution is -2.15.